The first-order chi connectivity index (χ1) is 12.3. The van der Waals surface area contributed by atoms with E-state index in [-0.39, 0.29) is 12.5 Å². The molecule has 25 heavy (non-hydrogen) atoms. The topological polar surface area (TPSA) is 83.8 Å². The Bertz CT molecular complexity index is 861. The van der Waals surface area contributed by atoms with Crippen molar-refractivity contribution >= 4 is 16.8 Å². The van der Waals surface area contributed by atoms with Crippen molar-refractivity contribution in [3.63, 3.8) is 0 Å². The molecule has 1 saturated carbocycles. The van der Waals surface area contributed by atoms with E-state index in [2.05, 4.69) is 20.4 Å². The van der Waals surface area contributed by atoms with Gasteiger partial charge in [0.25, 0.3) is 0 Å². The van der Waals surface area contributed by atoms with Gasteiger partial charge in [0.05, 0.1) is 13.0 Å². The van der Waals surface area contributed by atoms with Gasteiger partial charge in [-0.1, -0.05) is 42.6 Å². The van der Waals surface area contributed by atoms with Crippen LogP contribution in [0, 0.1) is 0 Å². The molecule has 3 aromatic rings. The second-order valence-electron chi connectivity index (χ2n) is 6.69. The Hall–Kier alpha value is -2.63. The van der Waals surface area contributed by atoms with Gasteiger partial charge in [0.15, 0.2) is 5.82 Å². The standard InChI is InChI=1S/C19H22N4O2/c24-17(10-14-11-20-16-9-5-4-8-15(14)16)21-12-18-22-19(23-25-18)13-6-2-1-3-7-13/h4-5,8-9,11,13,20H,1-3,6-7,10,12H2,(H,21,24). The summed E-state index contributed by atoms with van der Waals surface area (Å²) in [5.74, 6) is 1.63. The van der Waals surface area contributed by atoms with Gasteiger partial charge in [0, 0.05) is 23.0 Å². The quantitative estimate of drug-likeness (QED) is 0.746. The zero-order valence-corrected chi connectivity index (χ0v) is 14.1. The molecule has 0 aliphatic heterocycles. The smallest absolute Gasteiger partial charge is 0.246 e. The maximum atomic E-state index is 12.2. The molecule has 0 bridgehead atoms. The first kappa shape index (κ1) is 15.9. The van der Waals surface area contributed by atoms with Gasteiger partial charge in [-0.2, -0.15) is 4.98 Å². The Morgan fingerprint density at radius 2 is 2.08 bits per heavy atom. The van der Waals surface area contributed by atoms with Gasteiger partial charge >= 0.3 is 0 Å². The molecule has 0 radical (unpaired) electrons. The second kappa shape index (κ2) is 7.09. The molecule has 4 rings (SSSR count). The molecule has 2 heterocycles. The number of aromatic nitrogens is 3. The number of hydrogen-bond acceptors (Lipinski definition) is 4. The van der Waals surface area contributed by atoms with Crippen molar-refractivity contribution in [1.82, 2.24) is 20.4 Å². The van der Waals surface area contributed by atoms with Crippen LogP contribution in [0.25, 0.3) is 10.9 Å². The number of H-pyrrole nitrogens is 1. The van der Waals surface area contributed by atoms with Crippen LogP contribution in [0.2, 0.25) is 0 Å². The van der Waals surface area contributed by atoms with E-state index >= 15 is 0 Å². The minimum atomic E-state index is -0.0535. The zero-order chi connectivity index (χ0) is 17.1. The Balaban J connectivity index is 1.33. The fourth-order valence-electron chi connectivity index (χ4n) is 3.55. The average Bonchev–Trinajstić information content (AvgIpc) is 3.28. The Labute approximate surface area is 146 Å². The largest absolute Gasteiger partial charge is 0.361 e. The summed E-state index contributed by atoms with van der Waals surface area (Å²) in [4.78, 5) is 19.9. The molecule has 1 aliphatic carbocycles. The van der Waals surface area contributed by atoms with Gasteiger partial charge in [-0.15, -0.1) is 0 Å². The van der Waals surface area contributed by atoms with E-state index in [9.17, 15) is 4.79 Å². The molecule has 6 heteroatoms. The normalized spacial score (nSPS) is 15.5. The number of nitrogens with one attached hydrogen (secondary N) is 2. The SMILES string of the molecule is O=C(Cc1c[nH]c2ccccc12)NCc1nc(C2CCCCC2)no1. The second-order valence-corrected chi connectivity index (χ2v) is 6.69. The van der Waals surface area contributed by atoms with Crippen LogP contribution in [0.1, 0.15) is 55.3 Å². The summed E-state index contributed by atoms with van der Waals surface area (Å²) in [7, 11) is 0. The minimum absolute atomic E-state index is 0.0535. The van der Waals surface area contributed by atoms with Gasteiger partial charge in [-0.25, -0.2) is 0 Å². The Morgan fingerprint density at radius 3 is 2.96 bits per heavy atom. The number of carbonyl (C=O) groups is 1. The van der Waals surface area contributed by atoms with Gasteiger partial charge in [0.2, 0.25) is 11.8 Å². The predicted octanol–water partition coefficient (Wildman–Crippen LogP) is 3.46. The number of benzene rings is 1. The van der Waals surface area contributed by atoms with Crippen molar-refractivity contribution in [1.29, 1.82) is 0 Å². The van der Waals surface area contributed by atoms with Crippen molar-refractivity contribution < 1.29 is 9.32 Å². The lowest BCUT2D eigenvalue weighted by atomic mass is 9.89. The lowest BCUT2D eigenvalue weighted by Crippen LogP contribution is -2.24. The van der Waals surface area contributed by atoms with E-state index in [4.69, 9.17) is 4.52 Å². The van der Waals surface area contributed by atoms with Crippen LogP contribution in [-0.4, -0.2) is 21.0 Å². The third kappa shape index (κ3) is 3.57. The lowest BCUT2D eigenvalue weighted by molar-refractivity contribution is -0.120. The highest BCUT2D eigenvalue weighted by Gasteiger charge is 2.21. The Morgan fingerprint density at radius 1 is 1.24 bits per heavy atom. The van der Waals surface area contributed by atoms with Crippen LogP contribution in [0.4, 0.5) is 0 Å². The van der Waals surface area contributed by atoms with Gasteiger partial charge < -0.3 is 14.8 Å². The van der Waals surface area contributed by atoms with Crippen LogP contribution in [-0.2, 0) is 17.8 Å². The number of fused-ring (bicyclic) bond motifs is 1. The van der Waals surface area contributed by atoms with E-state index in [0.717, 1.165) is 35.1 Å². The van der Waals surface area contributed by atoms with Crippen molar-refractivity contribution in [2.24, 2.45) is 0 Å². The summed E-state index contributed by atoms with van der Waals surface area (Å²) in [5, 5.41) is 8.04. The molecule has 130 valence electrons. The van der Waals surface area contributed by atoms with E-state index in [0.29, 0.717) is 18.2 Å². The van der Waals surface area contributed by atoms with Crippen molar-refractivity contribution in [3.05, 3.63) is 47.7 Å². The third-order valence-electron chi connectivity index (χ3n) is 4.92. The zero-order valence-electron chi connectivity index (χ0n) is 14.1. The molecule has 1 aromatic carbocycles. The molecule has 0 unspecified atom stereocenters. The fraction of sp³-hybridized carbons (Fsp3) is 0.421. The summed E-state index contributed by atoms with van der Waals surface area (Å²) in [6, 6.07) is 7.97. The van der Waals surface area contributed by atoms with Gasteiger partial charge in [0.1, 0.15) is 0 Å². The van der Waals surface area contributed by atoms with Gasteiger partial charge in [-0.3, -0.25) is 4.79 Å². The van der Waals surface area contributed by atoms with Crippen LogP contribution in [0.15, 0.2) is 35.0 Å². The van der Waals surface area contributed by atoms with Crippen molar-refractivity contribution in [2.75, 3.05) is 0 Å². The highest BCUT2D eigenvalue weighted by Crippen LogP contribution is 2.30. The predicted molar refractivity (Wildman–Crippen MR) is 94.0 cm³/mol. The lowest BCUT2D eigenvalue weighted by Gasteiger charge is -2.17. The van der Waals surface area contributed by atoms with E-state index in [1.807, 2.05) is 30.5 Å². The van der Waals surface area contributed by atoms with Gasteiger partial charge in [-0.05, 0) is 24.5 Å². The summed E-state index contributed by atoms with van der Waals surface area (Å²) in [6.07, 6.45) is 8.24. The molecule has 0 atom stereocenters. The van der Waals surface area contributed by atoms with E-state index in [1.165, 1.54) is 19.3 Å². The molecule has 1 amide bonds. The average molecular weight is 338 g/mol. The maximum Gasteiger partial charge on any atom is 0.246 e. The molecular weight excluding hydrogens is 316 g/mol. The molecule has 2 aromatic heterocycles. The van der Waals surface area contributed by atoms with Crippen LogP contribution in [0.3, 0.4) is 0 Å². The van der Waals surface area contributed by atoms with E-state index < -0.39 is 0 Å². The highest BCUT2D eigenvalue weighted by atomic mass is 16.5. The molecule has 1 fully saturated rings. The maximum absolute atomic E-state index is 12.2. The number of amides is 1. The first-order valence-corrected chi connectivity index (χ1v) is 8.94. The summed E-state index contributed by atoms with van der Waals surface area (Å²) in [5.41, 5.74) is 2.03. The number of aromatic amines is 1. The number of hydrogen-bond donors (Lipinski definition) is 2. The number of carbonyl (C=O) groups excluding carboxylic acids is 1. The molecule has 0 saturated heterocycles. The summed E-state index contributed by atoms with van der Waals surface area (Å²) in [6.45, 7) is 0.279. The van der Waals surface area contributed by atoms with Crippen molar-refractivity contribution in [2.45, 2.75) is 51.0 Å². The van der Waals surface area contributed by atoms with Crippen LogP contribution < -0.4 is 5.32 Å². The molecular formula is C19H22N4O2. The molecule has 2 N–H and O–H groups in total. The molecule has 0 spiro atoms. The molecule has 1 aliphatic rings. The van der Waals surface area contributed by atoms with Crippen molar-refractivity contribution in [3.8, 4) is 0 Å². The summed E-state index contributed by atoms with van der Waals surface area (Å²) < 4.78 is 5.29. The number of nitrogens with zero attached hydrogens (tertiary/aromatic N) is 2. The number of rotatable bonds is 5. The third-order valence-corrected chi connectivity index (χ3v) is 4.92. The first-order valence-electron chi connectivity index (χ1n) is 8.94. The monoisotopic (exact) mass is 338 g/mol. The molecule has 6 nitrogen and oxygen atoms in total. The summed E-state index contributed by atoms with van der Waals surface area (Å²) >= 11 is 0. The van der Waals surface area contributed by atoms with Crippen LogP contribution >= 0.6 is 0 Å². The Kier molecular flexibility index (Phi) is 4.50. The minimum Gasteiger partial charge on any atom is -0.361 e. The number of para-hydroxylation sites is 1. The highest BCUT2D eigenvalue weighted by molar-refractivity contribution is 5.88. The van der Waals surface area contributed by atoms with E-state index in [1.54, 1.807) is 0 Å². The fourth-order valence-corrected chi connectivity index (χ4v) is 3.55. The van der Waals surface area contributed by atoms with Crippen LogP contribution in [0.5, 0.6) is 0 Å².